The molecule has 1 saturated heterocycles. The van der Waals surface area contributed by atoms with Gasteiger partial charge in [0.15, 0.2) is 17.5 Å². The van der Waals surface area contributed by atoms with E-state index in [0.717, 1.165) is 18.2 Å². The zero-order valence-corrected chi connectivity index (χ0v) is 24.1. The molecule has 0 radical (unpaired) electrons. The quantitative estimate of drug-likeness (QED) is 0.336. The lowest BCUT2D eigenvalue weighted by molar-refractivity contribution is 0.253. The Morgan fingerprint density at radius 2 is 1.70 bits per heavy atom. The number of hydrogen-bond acceptors (Lipinski definition) is 7. The Balaban J connectivity index is 1.71. The van der Waals surface area contributed by atoms with E-state index in [0.29, 0.717) is 31.9 Å². The molecular weight excluding hydrogens is 565 g/mol. The predicted octanol–water partition coefficient (Wildman–Crippen LogP) is 4.51. The number of benzene rings is 3. The molecule has 1 aliphatic heterocycles. The van der Waals surface area contributed by atoms with Crippen LogP contribution in [0.25, 0.3) is 10.9 Å². The van der Waals surface area contributed by atoms with E-state index in [9.17, 15) is 22.8 Å². The van der Waals surface area contributed by atoms with E-state index in [2.05, 4.69) is 15.2 Å². The maximum atomic E-state index is 14.3. The van der Waals surface area contributed by atoms with Gasteiger partial charge in [0.05, 0.1) is 36.9 Å². The molecule has 3 aromatic carbocycles. The van der Waals surface area contributed by atoms with E-state index in [-0.39, 0.29) is 33.9 Å². The fourth-order valence-corrected chi connectivity index (χ4v) is 5.07. The van der Waals surface area contributed by atoms with Crippen LogP contribution in [0, 0.1) is 17.5 Å². The molecule has 226 valence electrons. The molecule has 10 nitrogen and oxygen atoms in total. The number of likely N-dealkylation sites (N-methyl/N-ethyl adjacent to an activating group) is 1. The second-order valence-electron chi connectivity index (χ2n) is 10.2. The summed E-state index contributed by atoms with van der Waals surface area (Å²) in [6.07, 6.45) is 0. The Labute approximate surface area is 245 Å². The van der Waals surface area contributed by atoms with Gasteiger partial charge in [0.2, 0.25) is 0 Å². The SMILES string of the molecule is COc1ccc(N(C(=O)Nc2cccc(F)c2)C(C)c2nc3cc(F)c(F)cc3c(=O)n2N2CCN(C)CC2)c(OC)c1. The van der Waals surface area contributed by atoms with Gasteiger partial charge in [-0.25, -0.2) is 27.6 Å². The minimum atomic E-state index is -1.17. The number of anilines is 2. The van der Waals surface area contributed by atoms with Gasteiger partial charge in [-0.15, -0.1) is 0 Å². The number of rotatable bonds is 7. The van der Waals surface area contributed by atoms with Crippen molar-refractivity contribution in [2.45, 2.75) is 13.0 Å². The molecule has 2 amide bonds. The van der Waals surface area contributed by atoms with Gasteiger partial charge in [-0.2, -0.15) is 0 Å². The van der Waals surface area contributed by atoms with Crippen LogP contribution in [0.4, 0.5) is 29.3 Å². The minimum absolute atomic E-state index is 0.0664. The fourth-order valence-electron chi connectivity index (χ4n) is 5.07. The summed E-state index contributed by atoms with van der Waals surface area (Å²) >= 11 is 0. The van der Waals surface area contributed by atoms with Crippen molar-refractivity contribution in [3.05, 3.63) is 88.2 Å². The van der Waals surface area contributed by atoms with Gasteiger partial charge in [-0.3, -0.25) is 9.69 Å². The molecule has 0 bridgehead atoms. The maximum absolute atomic E-state index is 14.3. The van der Waals surface area contributed by atoms with Crippen molar-refractivity contribution in [3.8, 4) is 11.5 Å². The molecule has 1 aliphatic rings. The summed E-state index contributed by atoms with van der Waals surface area (Å²) in [4.78, 5) is 36.0. The van der Waals surface area contributed by atoms with Gasteiger partial charge in [-0.05, 0) is 50.4 Å². The maximum Gasteiger partial charge on any atom is 0.327 e. The summed E-state index contributed by atoms with van der Waals surface area (Å²) in [5.41, 5.74) is -0.199. The Kier molecular flexibility index (Phi) is 8.44. The van der Waals surface area contributed by atoms with Crippen LogP contribution in [0.2, 0.25) is 0 Å². The first-order valence-electron chi connectivity index (χ1n) is 13.5. The van der Waals surface area contributed by atoms with Crippen LogP contribution in [0.5, 0.6) is 11.5 Å². The van der Waals surface area contributed by atoms with Crippen LogP contribution in [-0.2, 0) is 0 Å². The number of nitrogens with one attached hydrogen (secondary N) is 1. The highest BCUT2D eigenvalue weighted by Crippen LogP contribution is 2.37. The largest absolute Gasteiger partial charge is 0.497 e. The van der Waals surface area contributed by atoms with Crippen molar-refractivity contribution < 1.29 is 27.4 Å². The van der Waals surface area contributed by atoms with Crippen molar-refractivity contribution in [1.29, 1.82) is 0 Å². The Morgan fingerprint density at radius 1 is 0.977 bits per heavy atom. The summed E-state index contributed by atoms with van der Waals surface area (Å²) in [5, 5.41) is 4.37. The lowest BCUT2D eigenvalue weighted by Gasteiger charge is -2.38. The summed E-state index contributed by atoms with van der Waals surface area (Å²) in [6.45, 7) is 3.79. The Hall–Kier alpha value is -4.78. The minimum Gasteiger partial charge on any atom is -0.497 e. The molecule has 1 fully saturated rings. The molecule has 1 N–H and O–H groups in total. The standard InChI is InChI=1S/C30H31F3N6O4/c1-18(28-35-25-17-24(33)23(32)16-22(25)29(40)39(28)37-12-10-36(2)11-13-37)38(26-9-8-21(42-3)15-27(26)43-4)30(41)34-20-7-5-6-19(31)14-20/h5-9,14-18H,10-13H2,1-4H3,(H,34,41). The van der Waals surface area contributed by atoms with E-state index in [1.165, 1.54) is 42.0 Å². The summed E-state index contributed by atoms with van der Waals surface area (Å²) < 4.78 is 54.8. The molecule has 0 spiro atoms. The van der Waals surface area contributed by atoms with Crippen LogP contribution in [0.15, 0.2) is 59.4 Å². The number of piperazine rings is 1. The third-order valence-corrected chi connectivity index (χ3v) is 7.38. The number of halogens is 3. The number of carbonyl (C=O) groups excluding carboxylic acids is 1. The number of nitrogens with zero attached hydrogens (tertiary/aromatic N) is 5. The zero-order chi connectivity index (χ0) is 30.8. The molecule has 1 unspecified atom stereocenters. The molecule has 0 aliphatic carbocycles. The van der Waals surface area contributed by atoms with Crippen LogP contribution in [0.3, 0.4) is 0 Å². The number of methoxy groups -OCH3 is 2. The second-order valence-corrected chi connectivity index (χ2v) is 10.2. The molecule has 13 heteroatoms. The van der Waals surface area contributed by atoms with Gasteiger partial charge in [0.25, 0.3) is 5.56 Å². The molecule has 1 aromatic heterocycles. The lowest BCUT2D eigenvalue weighted by atomic mass is 10.1. The number of fused-ring (bicyclic) bond motifs is 1. The normalized spacial score (nSPS) is 14.4. The molecule has 2 heterocycles. The molecule has 0 saturated carbocycles. The van der Waals surface area contributed by atoms with Crippen LogP contribution in [-0.4, -0.2) is 68.0 Å². The van der Waals surface area contributed by atoms with E-state index >= 15 is 0 Å². The summed E-state index contributed by atoms with van der Waals surface area (Å²) in [7, 11) is 4.87. The molecule has 5 rings (SSSR count). The topological polar surface area (TPSA) is 92.2 Å². The number of urea groups is 1. The smallest absolute Gasteiger partial charge is 0.327 e. The van der Waals surface area contributed by atoms with Crippen molar-refractivity contribution >= 4 is 28.3 Å². The summed E-state index contributed by atoms with van der Waals surface area (Å²) in [6, 6.07) is 10.2. The molecular formula is C30H31F3N6O4. The Bertz CT molecular complexity index is 1720. The highest BCUT2D eigenvalue weighted by molar-refractivity contribution is 6.03. The predicted molar refractivity (Wildman–Crippen MR) is 157 cm³/mol. The number of ether oxygens (including phenoxy) is 2. The van der Waals surface area contributed by atoms with Crippen molar-refractivity contribution in [2.75, 3.05) is 62.7 Å². The average Bonchev–Trinajstić information content (AvgIpc) is 2.99. The molecule has 4 aromatic rings. The molecule has 43 heavy (non-hydrogen) atoms. The monoisotopic (exact) mass is 596 g/mol. The van der Waals surface area contributed by atoms with Gasteiger partial charge < -0.3 is 24.7 Å². The average molecular weight is 597 g/mol. The number of amides is 2. The van der Waals surface area contributed by atoms with Crippen molar-refractivity contribution in [3.63, 3.8) is 0 Å². The van der Waals surface area contributed by atoms with E-state index in [1.54, 1.807) is 30.1 Å². The highest BCUT2D eigenvalue weighted by Gasteiger charge is 2.32. The number of hydrogen-bond donors (Lipinski definition) is 1. The first kappa shape index (κ1) is 29.7. The van der Waals surface area contributed by atoms with Gasteiger partial charge in [-0.1, -0.05) is 6.07 Å². The summed E-state index contributed by atoms with van der Waals surface area (Å²) in [5.74, 6) is -2.05. The van der Waals surface area contributed by atoms with Gasteiger partial charge in [0, 0.05) is 44.0 Å². The second kappa shape index (κ2) is 12.2. The number of carbonyl (C=O) groups is 1. The van der Waals surface area contributed by atoms with Crippen molar-refractivity contribution in [1.82, 2.24) is 14.6 Å². The van der Waals surface area contributed by atoms with Crippen LogP contribution < -0.4 is 30.3 Å². The van der Waals surface area contributed by atoms with Crippen LogP contribution >= 0.6 is 0 Å². The first-order chi connectivity index (χ1) is 20.6. The highest BCUT2D eigenvalue weighted by atomic mass is 19.2. The zero-order valence-electron chi connectivity index (χ0n) is 24.1. The molecule has 1 atom stereocenters. The Morgan fingerprint density at radius 3 is 2.37 bits per heavy atom. The van der Waals surface area contributed by atoms with E-state index in [1.807, 2.05) is 7.05 Å². The van der Waals surface area contributed by atoms with Crippen molar-refractivity contribution in [2.24, 2.45) is 0 Å². The van der Waals surface area contributed by atoms with E-state index in [4.69, 9.17) is 9.47 Å². The van der Waals surface area contributed by atoms with E-state index < -0.39 is 35.1 Å². The third-order valence-electron chi connectivity index (χ3n) is 7.38. The van der Waals surface area contributed by atoms with Gasteiger partial charge in [0.1, 0.15) is 17.3 Å². The lowest BCUT2D eigenvalue weighted by Crippen LogP contribution is -2.55. The third kappa shape index (κ3) is 5.93. The number of aromatic nitrogens is 2. The fraction of sp³-hybridized carbons (Fsp3) is 0.300. The van der Waals surface area contributed by atoms with Crippen LogP contribution in [0.1, 0.15) is 18.8 Å². The van der Waals surface area contributed by atoms with Gasteiger partial charge >= 0.3 is 6.03 Å². The first-order valence-corrected chi connectivity index (χ1v) is 13.5.